The molecule has 11 heteroatoms. The number of anilines is 1. The highest BCUT2D eigenvalue weighted by Crippen LogP contribution is 2.37. The Bertz CT molecular complexity index is 1040. The Balaban J connectivity index is 1.80. The number of nitrogens with zero attached hydrogens (tertiary/aromatic N) is 2. The Labute approximate surface area is 169 Å². The number of nitrogen functional groups attached to an aromatic ring is 1. The van der Waals surface area contributed by atoms with Crippen LogP contribution in [0.1, 0.15) is 15.9 Å². The zero-order valence-electron chi connectivity index (χ0n) is 15.5. The smallest absolute Gasteiger partial charge is 0.412 e. The first kappa shape index (κ1) is 20.3. The third-order valence-electron chi connectivity index (χ3n) is 3.85. The maximum atomic E-state index is 11.8. The molecule has 0 spiro atoms. The van der Waals surface area contributed by atoms with Gasteiger partial charge in [0.1, 0.15) is 18.2 Å². The molecule has 3 aromatic rings. The average Bonchev–Trinajstić information content (AvgIpc) is 3.17. The van der Waals surface area contributed by atoms with Gasteiger partial charge in [-0.1, -0.05) is 0 Å². The summed E-state index contributed by atoms with van der Waals surface area (Å²) in [5, 5.41) is 16.2. The van der Waals surface area contributed by atoms with Crippen molar-refractivity contribution in [3.63, 3.8) is 0 Å². The second kappa shape index (κ2) is 9.17. The first-order valence-corrected chi connectivity index (χ1v) is 9.42. The number of thiophene rings is 1. The minimum Gasteiger partial charge on any atom is -0.487 e. The number of aromatic nitrogens is 2. The summed E-state index contributed by atoms with van der Waals surface area (Å²) >= 11 is 1.33. The number of hydrogen-bond donors (Lipinski definition) is 4. The second-order valence-corrected chi connectivity index (χ2v) is 6.67. The van der Waals surface area contributed by atoms with Crippen LogP contribution in [-0.4, -0.2) is 47.3 Å². The molecule has 0 unspecified atom stereocenters. The van der Waals surface area contributed by atoms with Gasteiger partial charge in [0.25, 0.3) is 5.91 Å². The Morgan fingerprint density at radius 2 is 2.14 bits per heavy atom. The summed E-state index contributed by atoms with van der Waals surface area (Å²) in [4.78, 5) is 31.6. The third-order valence-corrected chi connectivity index (χ3v) is 4.89. The molecule has 3 rings (SSSR count). The fourth-order valence-electron chi connectivity index (χ4n) is 2.51. The Hall–Kier alpha value is -3.44. The average molecular weight is 417 g/mol. The van der Waals surface area contributed by atoms with E-state index in [1.54, 1.807) is 6.07 Å². The van der Waals surface area contributed by atoms with Gasteiger partial charge in [0.15, 0.2) is 5.75 Å². The summed E-state index contributed by atoms with van der Waals surface area (Å²) in [6, 6.07) is 1.59. The van der Waals surface area contributed by atoms with Gasteiger partial charge in [0.2, 0.25) is 0 Å². The van der Waals surface area contributed by atoms with E-state index in [2.05, 4.69) is 20.6 Å². The molecule has 0 radical (unpaired) electrons. The lowest BCUT2D eigenvalue weighted by molar-refractivity contribution is 0.0962. The molecule has 3 aromatic heterocycles. The number of nitrogens with one attached hydrogen (secondary N) is 2. The van der Waals surface area contributed by atoms with Gasteiger partial charge in [0, 0.05) is 30.7 Å². The summed E-state index contributed by atoms with van der Waals surface area (Å²) in [5.41, 5.74) is 7.15. The van der Waals surface area contributed by atoms with E-state index in [1.165, 1.54) is 37.0 Å². The van der Waals surface area contributed by atoms with Crippen LogP contribution in [0.25, 0.3) is 10.1 Å². The maximum absolute atomic E-state index is 11.8. The Morgan fingerprint density at radius 3 is 2.90 bits per heavy atom. The molecule has 0 aromatic carbocycles. The monoisotopic (exact) mass is 417 g/mol. The molecule has 0 aliphatic carbocycles. The SMILES string of the molecule is CNC(=O)c1cncc(OCc2csc3c(OC(=O)NCCO)cnc(N)c23)c1. The van der Waals surface area contributed by atoms with Crippen LogP contribution in [0, 0.1) is 0 Å². The molecule has 0 aliphatic rings. The first-order valence-electron chi connectivity index (χ1n) is 8.54. The number of fused-ring (bicyclic) bond motifs is 1. The minimum absolute atomic E-state index is 0.0804. The van der Waals surface area contributed by atoms with Crippen molar-refractivity contribution in [2.45, 2.75) is 6.61 Å². The fraction of sp³-hybridized carbons (Fsp3) is 0.222. The van der Waals surface area contributed by atoms with E-state index in [1.807, 2.05) is 5.38 Å². The van der Waals surface area contributed by atoms with Crippen molar-refractivity contribution in [2.75, 3.05) is 25.9 Å². The van der Waals surface area contributed by atoms with Gasteiger partial charge >= 0.3 is 6.09 Å². The largest absolute Gasteiger partial charge is 0.487 e. The normalized spacial score (nSPS) is 10.6. The van der Waals surface area contributed by atoms with Crippen LogP contribution in [0.5, 0.6) is 11.5 Å². The van der Waals surface area contributed by atoms with Gasteiger partial charge in [-0.2, -0.15) is 0 Å². The van der Waals surface area contributed by atoms with Crippen molar-refractivity contribution >= 4 is 39.2 Å². The van der Waals surface area contributed by atoms with Crippen LogP contribution < -0.4 is 25.8 Å². The molecule has 29 heavy (non-hydrogen) atoms. The number of amides is 2. The van der Waals surface area contributed by atoms with Gasteiger partial charge in [0.05, 0.1) is 29.3 Å². The molecule has 5 N–H and O–H groups in total. The molecular weight excluding hydrogens is 398 g/mol. The molecule has 0 saturated carbocycles. The number of nitrogens with two attached hydrogens (primary N) is 1. The quantitative estimate of drug-likeness (QED) is 0.449. The van der Waals surface area contributed by atoms with Crippen molar-refractivity contribution in [1.82, 2.24) is 20.6 Å². The van der Waals surface area contributed by atoms with Gasteiger partial charge in [-0.3, -0.25) is 9.78 Å². The van der Waals surface area contributed by atoms with Gasteiger partial charge in [-0.25, -0.2) is 9.78 Å². The van der Waals surface area contributed by atoms with Crippen LogP contribution in [0.2, 0.25) is 0 Å². The predicted octanol–water partition coefficient (Wildman–Crippen LogP) is 1.29. The van der Waals surface area contributed by atoms with Gasteiger partial charge in [-0.15, -0.1) is 11.3 Å². The molecule has 0 aliphatic heterocycles. The van der Waals surface area contributed by atoms with Crippen molar-refractivity contribution in [3.05, 3.63) is 41.2 Å². The molecule has 0 saturated heterocycles. The molecule has 0 atom stereocenters. The molecule has 0 fully saturated rings. The van der Waals surface area contributed by atoms with Crippen LogP contribution in [0.3, 0.4) is 0 Å². The number of pyridine rings is 2. The van der Waals surface area contributed by atoms with E-state index in [4.69, 9.17) is 20.3 Å². The zero-order chi connectivity index (χ0) is 20.8. The number of rotatable bonds is 7. The Morgan fingerprint density at radius 1 is 1.31 bits per heavy atom. The van der Waals surface area contributed by atoms with E-state index < -0.39 is 6.09 Å². The van der Waals surface area contributed by atoms with Crippen LogP contribution in [0.15, 0.2) is 30.0 Å². The van der Waals surface area contributed by atoms with Crippen molar-refractivity contribution in [3.8, 4) is 11.5 Å². The minimum atomic E-state index is -0.699. The van der Waals surface area contributed by atoms with E-state index in [0.717, 1.165) is 5.56 Å². The summed E-state index contributed by atoms with van der Waals surface area (Å²) in [5.74, 6) is 0.691. The van der Waals surface area contributed by atoms with E-state index in [9.17, 15) is 9.59 Å². The topological polar surface area (TPSA) is 149 Å². The third kappa shape index (κ3) is 4.70. The summed E-state index contributed by atoms with van der Waals surface area (Å²) in [6.45, 7) is 0.0446. The molecule has 2 amide bonds. The van der Waals surface area contributed by atoms with Crippen molar-refractivity contribution in [2.24, 2.45) is 0 Å². The number of aliphatic hydroxyl groups is 1. The van der Waals surface area contributed by atoms with Crippen molar-refractivity contribution in [1.29, 1.82) is 0 Å². The number of carbonyl (C=O) groups is 2. The highest BCUT2D eigenvalue weighted by molar-refractivity contribution is 7.17. The van der Waals surface area contributed by atoms with Crippen LogP contribution in [0.4, 0.5) is 10.6 Å². The number of ether oxygens (including phenoxy) is 2. The molecule has 10 nitrogen and oxygen atoms in total. The van der Waals surface area contributed by atoms with Gasteiger partial charge in [-0.05, 0) is 11.4 Å². The van der Waals surface area contributed by atoms with Gasteiger partial charge < -0.3 is 30.9 Å². The van der Waals surface area contributed by atoms with Crippen LogP contribution >= 0.6 is 11.3 Å². The summed E-state index contributed by atoms with van der Waals surface area (Å²) in [6.07, 6.45) is 3.62. The van der Waals surface area contributed by atoms with E-state index in [-0.39, 0.29) is 37.2 Å². The lowest BCUT2D eigenvalue weighted by Gasteiger charge is -2.09. The lowest BCUT2D eigenvalue weighted by Crippen LogP contribution is -2.29. The lowest BCUT2D eigenvalue weighted by atomic mass is 10.2. The van der Waals surface area contributed by atoms with E-state index >= 15 is 0 Å². The molecule has 0 bridgehead atoms. The number of aliphatic hydroxyl groups excluding tert-OH is 1. The highest BCUT2D eigenvalue weighted by Gasteiger charge is 2.16. The van der Waals surface area contributed by atoms with Crippen LogP contribution in [-0.2, 0) is 6.61 Å². The van der Waals surface area contributed by atoms with E-state index in [0.29, 0.717) is 21.4 Å². The first-order chi connectivity index (χ1) is 14.0. The number of hydrogen-bond acceptors (Lipinski definition) is 9. The Kier molecular flexibility index (Phi) is 6.42. The molecule has 152 valence electrons. The maximum Gasteiger partial charge on any atom is 0.412 e. The zero-order valence-corrected chi connectivity index (χ0v) is 16.3. The van der Waals surface area contributed by atoms with Crippen molar-refractivity contribution < 1.29 is 24.2 Å². The number of carbonyl (C=O) groups excluding carboxylic acids is 2. The summed E-state index contributed by atoms with van der Waals surface area (Å²) < 4.78 is 11.7. The standard InChI is InChI=1S/C18H19N5O5S/c1-20-17(25)10-4-12(6-21-5-10)27-8-11-9-29-15-13(7-23-16(19)14(11)15)28-18(26)22-2-3-24/h4-7,9,24H,2-3,8H2,1H3,(H2,19,23)(H,20,25)(H,22,26). The molecular formula is C18H19N5O5S. The second-order valence-electron chi connectivity index (χ2n) is 5.79. The summed E-state index contributed by atoms with van der Waals surface area (Å²) in [7, 11) is 1.53. The predicted molar refractivity (Wildman–Crippen MR) is 107 cm³/mol. The molecule has 3 heterocycles. The fourth-order valence-corrected chi connectivity index (χ4v) is 3.52. The highest BCUT2D eigenvalue weighted by atomic mass is 32.1.